The Balaban J connectivity index is 1.73. The van der Waals surface area contributed by atoms with Gasteiger partial charge in [-0.25, -0.2) is 10.2 Å². The zero-order valence-corrected chi connectivity index (χ0v) is 15.2. The third kappa shape index (κ3) is 7.40. The lowest BCUT2D eigenvalue weighted by molar-refractivity contribution is -0.142. The minimum atomic E-state index is -0.454. The molecule has 0 fully saturated rings. The lowest BCUT2D eigenvalue weighted by atomic mass is 10.2. The van der Waals surface area contributed by atoms with E-state index in [0.29, 0.717) is 17.9 Å². The summed E-state index contributed by atoms with van der Waals surface area (Å²) in [4.78, 5) is 24.0. The van der Waals surface area contributed by atoms with Gasteiger partial charge in [-0.2, -0.15) is 5.10 Å². The number of hydrogen-bond acceptors (Lipinski definition) is 6. The number of hydrogen-bond donors (Lipinski definition) is 1. The van der Waals surface area contributed by atoms with Crippen molar-refractivity contribution in [3.05, 3.63) is 60.2 Å². The molecule has 7 heteroatoms. The monoisotopic (exact) mass is 372 g/mol. The number of nitrogens with zero attached hydrogens (tertiary/aromatic N) is 1. The van der Waals surface area contributed by atoms with Crippen molar-refractivity contribution < 1.29 is 19.1 Å². The molecule has 0 aliphatic carbocycles. The summed E-state index contributed by atoms with van der Waals surface area (Å²) in [6.45, 7) is -0.160. The SMILES string of the molecule is COC(=O)COc1cccc(/C=N\NC(=O)CCSc2ccccc2)c1. The van der Waals surface area contributed by atoms with Gasteiger partial charge in [0.15, 0.2) is 6.61 Å². The normalized spacial score (nSPS) is 10.5. The predicted octanol–water partition coefficient (Wildman–Crippen LogP) is 2.87. The molecule has 136 valence electrons. The number of methoxy groups -OCH3 is 1. The number of hydrazone groups is 1. The highest BCUT2D eigenvalue weighted by Crippen LogP contribution is 2.17. The minimum Gasteiger partial charge on any atom is -0.482 e. The van der Waals surface area contributed by atoms with Gasteiger partial charge in [-0.3, -0.25) is 4.79 Å². The fourth-order valence-electron chi connectivity index (χ4n) is 1.90. The number of ether oxygens (including phenoxy) is 2. The first kappa shape index (κ1) is 19.5. The first-order valence-corrected chi connectivity index (χ1v) is 8.95. The van der Waals surface area contributed by atoms with Crippen LogP contribution in [0.1, 0.15) is 12.0 Å². The van der Waals surface area contributed by atoms with E-state index in [1.807, 2.05) is 36.4 Å². The Morgan fingerprint density at radius 2 is 1.96 bits per heavy atom. The van der Waals surface area contributed by atoms with Crippen LogP contribution in [-0.4, -0.2) is 37.6 Å². The molecule has 0 saturated heterocycles. The maximum Gasteiger partial charge on any atom is 0.343 e. The molecule has 0 aliphatic rings. The number of rotatable bonds is 9. The molecule has 2 aromatic rings. The zero-order chi connectivity index (χ0) is 18.6. The summed E-state index contributed by atoms with van der Waals surface area (Å²) in [7, 11) is 1.30. The highest BCUT2D eigenvalue weighted by atomic mass is 32.2. The highest BCUT2D eigenvalue weighted by Gasteiger charge is 2.03. The van der Waals surface area contributed by atoms with Gasteiger partial charge >= 0.3 is 5.97 Å². The highest BCUT2D eigenvalue weighted by molar-refractivity contribution is 7.99. The van der Waals surface area contributed by atoms with Gasteiger partial charge in [-0.1, -0.05) is 30.3 Å². The van der Waals surface area contributed by atoms with Crippen LogP contribution in [0.2, 0.25) is 0 Å². The van der Waals surface area contributed by atoms with E-state index in [2.05, 4.69) is 15.3 Å². The Hall–Kier alpha value is -2.80. The summed E-state index contributed by atoms with van der Waals surface area (Å²) in [6, 6.07) is 16.9. The van der Waals surface area contributed by atoms with Gasteiger partial charge in [0.1, 0.15) is 5.75 Å². The molecule has 0 heterocycles. The van der Waals surface area contributed by atoms with E-state index in [9.17, 15) is 9.59 Å². The predicted molar refractivity (Wildman–Crippen MR) is 101 cm³/mol. The van der Waals surface area contributed by atoms with Crippen LogP contribution in [0, 0.1) is 0 Å². The second kappa shape index (κ2) is 10.9. The van der Waals surface area contributed by atoms with Gasteiger partial charge in [0.05, 0.1) is 13.3 Å². The van der Waals surface area contributed by atoms with Crippen molar-refractivity contribution in [2.45, 2.75) is 11.3 Å². The Bertz CT molecular complexity index is 750. The average molecular weight is 372 g/mol. The smallest absolute Gasteiger partial charge is 0.343 e. The van der Waals surface area contributed by atoms with E-state index in [-0.39, 0.29) is 12.5 Å². The Morgan fingerprint density at radius 3 is 2.73 bits per heavy atom. The van der Waals surface area contributed by atoms with E-state index in [1.54, 1.807) is 30.0 Å². The van der Waals surface area contributed by atoms with Crippen molar-refractivity contribution >= 4 is 29.9 Å². The summed E-state index contributed by atoms with van der Waals surface area (Å²) in [5, 5.41) is 3.94. The molecule has 2 rings (SSSR count). The first-order chi connectivity index (χ1) is 12.7. The van der Waals surface area contributed by atoms with Gasteiger partial charge in [0, 0.05) is 17.1 Å². The standard InChI is InChI=1S/C19H20N2O4S/c1-24-19(23)14-25-16-7-5-6-15(12-16)13-20-21-18(22)10-11-26-17-8-3-2-4-9-17/h2-9,12-13H,10-11,14H2,1H3,(H,21,22)/b20-13-. The third-order valence-corrected chi connectivity index (χ3v) is 4.20. The summed E-state index contributed by atoms with van der Waals surface area (Å²) in [6.07, 6.45) is 1.90. The minimum absolute atomic E-state index is 0.150. The molecule has 0 unspecified atom stereocenters. The van der Waals surface area contributed by atoms with E-state index < -0.39 is 5.97 Å². The second-order valence-corrected chi connectivity index (χ2v) is 6.31. The van der Waals surface area contributed by atoms with Crippen LogP contribution in [-0.2, 0) is 14.3 Å². The van der Waals surface area contributed by atoms with Crippen molar-refractivity contribution in [2.24, 2.45) is 5.10 Å². The fourth-order valence-corrected chi connectivity index (χ4v) is 2.77. The largest absolute Gasteiger partial charge is 0.482 e. The second-order valence-electron chi connectivity index (χ2n) is 5.14. The molecule has 0 aliphatic heterocycles. The lowest BCUT2D eigenvalue weighted by Gasteiger charge is -2.05. The van der Waals surface area contributed by atoms with Gasteiger partial charge in [-0.05, 0) is 29.8 Å². The van der Waals surface area contributed by atoms with Crippen LogP contribution in [0.5, 0.6) is 5.75 Å². The summed E-state index contributed by atoms with van der Waals surface area (Å²) >= 11 is 1.62. The van der Waals surface area contributed by atoms with Crippen LogP contribution in [0.4, 0.5) is 0 Å². The Labute approximate surface area is 156 Å². The van der Waals surface area contributed by atoms with Crippen molar-refractivity contribution in [2.75, 3.05) is 19.5 Å². The van der Waals surface area contributed by atoms with Gasteiger partial charge in [0.2, 0.25) is 5.91 Å². The summed E-state index contributed by atoms with van der Waals surface area (Å²) in [5.41, 5.74) is 3.24. The molecular weight excluding hydrogens is 352 g/mol. The number of nitrogens with one attached hydrogen (secondary N) is 1. The molecule has 1 amide bonds. The molecular formula is C19H20N2O4S. The van der Waals surface area contributed by atoms with Crippen molar-refractivity contribution in [3.8, 4) is 5.75 Å². The molecule has 0 aromatic heterocycles. The molecule has 1 N–H and O–H groups in total. The van der Waals surface area contributed by atoms with Crippen LogP contribution in [0.3, 0.4) is 0 Å². The number of esters is 1. The van der Waals surface area contributed by atoms with E-state index >= 15 is 0 Å². The number of thioether (sulfide) groups is 1. The maximum absolute atomic E-state index is 11.8. The molecule has 0 bridgehead atoms. The molecule has 0 saturated carbocycles. The molecule has 0 atom stereocenters. The van der Waals surface area contributed by atoms with Crippen LogP contribution < -0.4 is 10.2 Å². The van der Waals surface area contributed by atoms with Crippen LogP contribution >= 0.6 is 11.8 Å². The maximum atomic E-state index is 11.8. The van der Waals surface area contributed by atoms with E-state index in [4.69, 9.17) is 4.74 Å². The van der Waals surface area contributed by atoms with Crippen molar-refractivity contribution in [3.63, 3.8) is 0 Å². The van der Waals surface area contributed by atoms with Crippen molar-refractivity contribution in [1.29, 1.82) is 0 Å². The molecule has 0 radical (unpaired) electrons. The number of amides is 1. The van der Waals surface area contributed by atoms with E-state index in [1.165, 1.54) is 13.3 Å². The summed E-state index contributed by atoms with van der Waals surface area (Å²) in [5.74, 6) is 0.597. The quantitative estimate of drug-likeness (QED) is 0.317. The molecule has 26 heavy (non-hydrogen) atoms. The van der Waals surface area contributed by atoms with E-state index in [0.717, 1.165) is 10.5 Å². The first-order valence-electron chi connectivity index (χ1n) is 7.97. The Morgan fingerprint density at radius 1 is 1.15 bits per heavy atom. The zero-order valence-electron chi connectivity index (χ0n) is 14.4. The van der Waals surface area contributed by atoms with Gasteiger partial charge in [0.25, 0.3) is 0 Å². The van der Waals surface area contributed by atoms with Crippen LogP contribution in [0.15, 0.2) is 64.6 Å². The Kier molecular flexibility index (Phi) is 8.21. The number of carbonyl (C=O) groups excluding carboxylic acids is 2. The number of benzene rings is 2. The van der Waals surface area contributed by atoms with Crippen LogP contribution in [0.25, 0.3) is 0 Å². The molecule has 2 aromatic carbocycles. The number of carbonyl (C=O) groups is 2. The third-order valence-electron chi connectivity index (χ3n) is 3.19. The lowest BCUT2D eigenvalue weighted by Crippen LogP contribution is -2.17. The topological polar surface area (TPSA) is 77.0 Å². The fraction of sp³-hybridized carbons (Fsp3) is 0.211. The average Bonchev–Trinajstić information content (AvgIpc) is 2.67. The van der Waals surface area contributed by atoms with Gasteiger partial charge < -0.3 is 9.47 Å². The summed E-state index contributed by atoms with van der Waals surface area (Å²) < 4.78 is 9.81. The van der Waals surface area contributed by atoms with Crippen molar-refractivity contribution in [1.82, 2.24) is 5.43 Å². The van der Waals surface area contributed by atoms with Gasteiger partial charge in [-0.15, -0.1) is 11.8 Å². The molecule has 6 nitrogen and oxygen atoms in total. The molecule has 0 spiro atoms.